The summed E-state index contributed by atoms with van der Waals surface area (Å²) < 4.78 is 11.3. The number of ether oxygens (including phenoxy) is 3. The Morgan fingerprint density at radius 3 is 1.42 bits per heavy atom. The first kappa shape index (κ1) is 64.2. The molecule has 0 saturated carbocycles. The van der Waals surface area contributed by atoms with Crippen molar-refractivity contribution in [2.45, 2.75) is 62.8 Å². The summed E-state index contributed by atoms with van der Waals surface area (Å²) in [5.74, 6) is -1.17. The molecule has 4 aromatic rings. The molecule has 31 heteroatoms. The molecule has 4 saturated heterocycles. The summed E-state index contributed by atoms with van der Waals surface area (Å²) in [6.07, 6.45) is 9.68. The maximum absolute atomic E-state index is 12.4. The van der Waals surface area contributed by atoms with E-state index in [2.05, 4.69) is 35.4 Å². The van der Waals surface area contributed by atoms with E-state index in [1.807, 2.05) is 0 Å². The predicted octanol–water partition coefficient (Wildman–Crippen LogP) is 10.9. The minimum absolute atomic E-state index is 0. The first-order valence-corrected chi connectivity index (χ1v) is 25.3. The fourth-order valence-corrected chi connectivity index (χ4v) is 7.94. The van der Waals surface area contributed by atoms with Crippen molar-refractivity contribution in [1.82, 2.24) is 30.0 Å². The van der Waals surface area contributed by atoms with Gasteiger partial charge in [0.1, 0.15) is 23.9 Å². The van der Waals surface area contributed by atoms with E-state index in [9.17, 15) is 54.1 Å². The second-order valence-corrected chi connectivity index (χ2v) is 19.7. The zero-order valence-electron chi connectivity index (χ0n) is 38.7. The average molecular weight is 1180 g/mol. The number of hydrogen-bond donors (Lipinski definition) is 4. The van der Waals surface area contributed by atoms with E-state index in [1.54, 1.807) is 39.0 Å². The molecule has 0 radical (unpaired) electrons. The van der Waals surface area contributed by atoms with Crippen LogP contribution < -0.4 is 20.7 Å². The summed E-state index contributed by atoms with van der Waals surface area (Å²) in [5.41, 5.74) is 0.225. The first-order chi connectivity index (χ1) is 34.7. The van der Waals surface area contributed by atoms with Gasteiger partial charge in [-0.1, -0.05) is 31.7 Å². The predicted molar refractivity (Wildman–Crippen MR) is 282 cm³/mol. The van der Waals surface area contributed by atoms with E-state index >= 15 is 0 Å². The van der Waals surface area contributed by atoms with E-state index in [0.717, 1.165) is 107 Å². The number of anilines is 2. The van der Waals surface area contributed by atoms with Crippen LogP contribution in [0.2, 0.25) is 0 Å². The summed E-state index contributed by atoms with van der Waals surface area (Å²) in [6, 6.07) is 12.3. The Balaban J connectivity index is 0.000000332. The first-order valence-electron chi connectivity index (χ1n) is 21.8. The molecular weight excluding hydrogens is 1120 g/mol. The molecule has 0 spiro atoms. The zero-order chi connectivity index (χ0) is 53.9. The SMILES string of the molecule is C.C1CCNC1.COC(=O)OC(Cl)(Cl)Cl.O=C(Cl)N1CCCC1.O=C(Cl)N1CCCC1.O=C(Nc1ncc([N+](=O)[O-])s1)c1ccccc1O.O=C(Nc1ncc([N+](=O)[O-])s1)c1ccccc1OC(=O)N1CCCC1. The molecule has 5 amide bonds. The van der Waals surface area contributed by atoms with E-state index in [4.69, 9.17) is 62.7 Å². The number of para-hydroxylation sites is 2. The maximum Gasteiger partial charge on any atom is 0.511 e. The number of aromatic hydroxyl groups is 1. The number of nitrogens with one attached hydrogen (secondary N) is 3. The Morgan fingerprint density at radius 2 is 1.08 bits per heavy atom. The number of nitrogens with zero attached hydrogens (tertiary/aromatic N) is 7. The molecule has 4 aliphatic rings. The Hall–Kier alpha value is -5.87. The number of hydrogen-bond acceptors (Lipinski definition) is 19. The van der Waals surface area contributed by atoms with Crippen molar-refractivity contribution in [2.75, 3.05) is 70.1 Å². The van der Waals surface area contributed by atoms with Crippen molar-refractivity contribution in [3.8, 4) is 11.5 Å². The maximum atomic E-state index is 12.4. The van der Waals surface area contributed by atoms with Crippen LogP contribution in [0.3, 0.4) is 0 Å². The van der Waals surface area contributed by atoms with Gasteiger partial charge in [0.15, 0.2) is 10.3 Å². The molecule has 4 N–H and O–H groups in total. The van der Waals surface area contributed by atoms with Crippen LogP contribution in [0.1, 0.15) is 79.5 Å². The molecular formula is C43H53Cl5N10O14S2. The van der Waals surface area contributed by atoms with Crippen LogP contribution in [0, 0.1) is 20.2 Å². The van der Waals surface area contributed by atoms with Gasteiger partial charge in [-0.25, -0.2) is 19.6 Å². The highest BCUT2D eigenvalue weighted by atomic mass is 35.6. The average Bonchev–Trinajstić information content (AvgIpc) is 4.21. The molecule has 6 heterocycles. The van der Waals surface area contributed by atoms with Crippen LogP contribution in [0.5, 0.6) is 11.5 Å². The molecule has 0 unspecified atom stereocenters. The largest absolute Gasteiger partial charge is 0.511 e. The lowest BCUT2D eigenvalue weighted by molar-refractivity contribution is -0.380. The standard InChI is InChI=1S/C15H14N4O5S.C10H7N3O4S.2C5H8ClNO.C4H9N.C3H3Cl3O3.CH4/c20-13(17-14-16-9-12(25-14)19(22)23)10-5-1-2-6-11(10)24-15(21)18-7-3-4-8-18;14-7-4-2-1-3-6(7)9(15)12-10-11-5-8(18-10)13(16)17;2*6-5(8)7-3-1-2-4-7;1-2-4-5-3-1;1-8-2(7)9-3(4,5)6;/h1-2,5-6,9H,3-4,7-8H2,(H,16,17,20);1-5,14H,(H,11,12,15);2*1-4H2;5H,1-4H2;1H3;1H4. The topological polar surface area (TPSA) is 308 Å². The molecule has 2 aromatic heterocycles. The monoisotopic (exact) mass is 1170 g/mol. The minimum Gasteiger partial charge on any atom is -0.507 e. The zero-order valence-corrected chi connectivity index (χ0v) is 44.1. The van der Waals surface area contributed by atoms with Gasteiger partial charge < -0.3 is 39.3 Å². The van der Waals surface area contributed by atoms with Crippen molar-refractivity contribution < 1.29 is 57.9 Å². The van der Waals surface area contributed by atoms with Crippen molar-refractivity contribution in [2.24, 2.45) is 0 Å². The van der Waals surface area contributed by atoms with Gasteiger partial charge in [0.25, 0.3) is 11.8 Å². The molecule has 406 valence electrons. The number of nitro groups is 2. The Bertz CT molecular complexity index is 2430. The van der Waals surface area contributed by atoms with Crippen molar-refractivity contribution >= 4 is 136 Å². The van der Waals surface area contributed by atoms with Crippen LogP contribution in [-0.4, -0.2) is 138 Å². The van der Waals surface area contributed by atoms with Gasteiger partial charge in [0.2, 0.25) is 0 Å². The number of phenolic OH excluding ortho intramolecular Hbond substituents is 1. The van der Waals surface area contributed by atoms with E-state index in [0.29, 0.717) is 13.1 Å². The number of carbonyl (C=O) groups is 6. The number of thiazole rings is 2. The van der Waals surface area contributed by atoms with Crippen LogP contribution in [0.25, 0.3) is 0 Å². The number of likely N-dealkylation sites (tertiary alicyclic amines) is 3. The number of aromatic nitrogens is 2. The smallest absolute Gasteiger partial charge is 0.507 e. The number of amides is 5. The number of alkyl halides is 3. The number of halogens is 5. The van der Waals surface area contributed by atoms with Gasteiger partial charge in [-0.15, -0.1) is 0 Å². The van der Waals surface area contributed by atoms with Crippen LogP contribution in [0.15, 0.2) is 60.9 Å². The highest BCUT2D eigenvalue weighted by molar-refractivity contribution is 7.19. The molecule has 0 aliphatic carbocycles. The lowest BCUT2D eigenvalue weighted by Gasteiger charge is -2.16. The number of phenols is 1. The quantitative estimate of drug-likeness (QED) is 0.0334. The molecule has 4 aliphatic heterocycles. The summed E-state index contributed by atoms with van der Waals surface area (Å²) >= 11 is 26.9. The summed E-state index contributed by atoms with van der Waals surface area (Å²) in [4.78, 5) is 99.4. The second-order valence-electron chi connectivity index (χ2n) is 14.9. The normalized spacial score (nSPS) is 14.1. The summed E-state index contributed by atoms with van der Waals surface area (Å²) in [5, 5.41) is 37.9. The molecule has 2 aromatic carbocycles. The van der Waals surface area contributed by atoms with Crippen LogP contribution in [0.4, 0.5) is 39.4 Å². The van der Waals surface area contributed by atoms with Gasteiger partial charge in [-0.05, 0) is 169 Å². The molecule has 8 rings (SSSR count). The lowest BCUT2D eigenvalue weighted by atomic mass is 10.2. The van der Waals surface area contributed by atoms with Gasteiger partial charge >= 0.3 is 37.0 Å². The minimum atomic E-state index is -2.03. The number of rotatable bonds is 7. The molecule has 24 nitrogen and oxygen atoms in total. The number of methoxy groups -OCH3 is 1. The number of carbonyl (C=O) groups excluding carboxylic acids is 6. The van der Waals surface area contributed by atoms with E-state index < -0.39 is 37.9 Å². The third kappa shape index (κ3) is 24.4. The molecule has 74 heavy (non-hydrogen) atoms. The van der Waals surface area contributed by atoms with E-state index in [-0.39, 0.29) is 61.1 Å². The van der Waals surface area contributed by atoms with Crippen molar-refractivity contribution in [3.63, 3.8) is 0 Å². The second kappa shape index (κ2) is 33.8. The third-order valence-electron chi connectivity index (χ3n) is 9.66. The summed E-state index contributed by atoms with van der Waals surface area (Å²) in [6.45, 7) is 7.17. The fourth-order valence-electron chi connectivity index (χ4n) is 6.16. The Labute approximate surface area is 457 Å². The van der Waals surface area contributed by atoms with Gasteiger partial charge in [0.05, 0.1) is 28.1 Å². The van der Waals surface area contributed by atoms with E-state index in [1.165, 1.54) is 50.2 Å². The van der Waals surface area contributed by atoms with Crippen molar-refractivity contribution in [3.05, 3.63) is 92.3 Å². The fraction of sp³-hybridized carbons (Fsp3) is 0.442. The third-order valence-corrected chi connectivity index (χ3v) is 12.1. The van der Waals surface area contributed by atoms with Crippen LogP contribution >= 0.6 is 80.7 Å². The number of benzene rings is 2. The lowest BCUT2D eigenvalue weighted by Crippen LogP contribution is -2.31. The summed E-state index contributed by atoms with van der Waals surface area (Å²) in [7, 11) is 1.11. The Morgan fingerprint density at radius 1 is 0.676 bits per heavy atom. The molecule has 0 atom stereocenters. The highest BCUT2D eigenvalue weighted by Crippen LogP contribution is 2.29. The van der Waals surface area contributed by atoms with Gasteiger partial charge in [-0.3, -0.25) is 50.0 Å². The highest BCUT2D eigenvalue weighted by Gasteiger charge is 2.26. The molecule has 0 bridgehead atoms. The van der Waals surface area contributed by atoms with Gasteiger partial charge in [0, 0.05) is 39.3 Å². The van der Waals surface area contributed by atoms with Crippen molar-refractivity contribution in [1.29, 1.82) is 0 Å². The Kier molecular flexibility index (Phi) is 29.4. The molecule has 4 fully saturated rings. The van der Waals surface area contributed by atoms with Gasteiger partial charge in [-0.2, -0.15) is 0 Å². The van der Waals surface area contributed by atoms with Crippen LogP contribution in [-0.2, 0) is 9.47 Å².